The van der Waals surface area contributed by atoms with Crippen molar-refractivity contribution in [1.82, 2.24) is 0 Å². The smallest absolute Gasteiger partial charge is 0.305 e. The summed E-state index contributed by atoms with van der Waals surface area (Å²) in [6, 6.07) is 18.1. The van der Waals surface area contributed by atoms with Crippen LogP contribution < -0.4 is 4.90 Å². The van der Waals surface area contributed by atoms with Crippen LogP contribution in [0.15, 0.2) is 54.6 Å². The van der Waals surface area contributed by atoms with Gasteiger partial charge in [-0.05, 0) is 23.6 Å². The minimum absolute atomic E-state index is 0.0997. The van der Waals surface area contributed by atoms with Crippen molar-refractivity contribution < 1.29 is 9.90 Å². The summed E-state index contributed by atoms with van der Waals surface area (Å²) >= 11 is 0. The third kappa shape index (κ3) is 2.39. The summed E-state index contributed by atoms with van der Waals surface area (Å²) in [6.45, 7) is 0.881. The summed E-state index contributed by atoms with van der Waals surface area (Å²) < 4.78 is 0. The molecule has 0 saturated heterocycles. The molecule has 20 heavy (non-hydrogen) atoms. The van der Waals surface area contributed by atoms with Gasteiger partial charge in [0.25, 0.3) is 0 Å². The number of para-hydroxylation sites is 1. The summed E-state index contributed by atoms with van der Waals surface area (Å²) in [4.78, 5) is 13.4. The molecule has 0 saturated carbocycles. The third-order valence-corrected chi connectivity index (χ3v) is 3.85. The van der Waals surface area contributed by atoms with E-state index in [0.717, 1.165) is 18.5 Å². The summed E-state index contributed by atoms with van der Waals surface area (Å²) in [5.74, 6) is -0.761. The molecule has 3 nitrogen and oxygen atoms in total. The van der Waals surface area contributed by atoms with E-state index < -0.39 is 5.97 Å². The Hall–Kier alpha value is -2.29. The number of rotatable bonds is 4. The highest BCUT2D eigenvalue weighted by molar-refractivity contribution is 5.70. The van der Waals surface area contributed by atoms with Gasteiger partial charge in [-0.2, -0.15) is 0 Å². The van der Waals surface area contributed by atoms with Crippen LogP contribution in [0.2, 0.25) is 0 Å². The maximum Gasteiger partial charge on any atom is 0.305 e. The Balaban J connectivity index is 1.97. The highest BCUT2D eigenvalue weighted by Gasteiger charge is 2.28. The molecule has 1 N–H and O–H groups in total. The van der Waals surface area contributed by atoms with Crippen LogP contribution in [0.25, 0.3) is 0 Å². The zero-order valence-corrected chi connectivity index (χ0v) is 11.2. The van der Waals surface area contributed by atoms with Gasteiger partial charge in [-0.1, -0.05) is 48.5 Å². The van der Waals surface area contributed by atoms with E-state index in [9.17, 15) is 9.90 Å². The molecule has 1 aliphatic rings. The van der Waals surface area contributed by atoms with Crippen molar-refractivity contribution in [3.05, 3.63) is 65.7 Å². The van der Waals surface area contributed by atoms with Crippen LogP contribution >= 0.6 is 0 Å². The topological polar surface area (TPSA) is 40.5 Å². The van der Waals surface area contributed by atoms with Gasteiger partial charge >= 0.3 is 5.97 Å². The summed E-state index contributed by atoms with van der Waals surface area (Å²) in [5.41, 5.74) is 3.54. The maximum atomic E-state index is 11.2. The molecule has 1 unspecified atom stereocenters. The molecule has 0 amide bonds. The molecular formula is C17H17NO2. The first-order chi connectivity index (χ1) is 9.75. The number of hydrogen-bond donors (Lipinski definition) is 1. The van der Waals surface area contributed by atoms with E-state index in [1.807, 2.05) is 42.5 Å². The molecule has 102 valence electrons. The van der Waals surface area contributed by atoms with Crippen LogP contribution in [0.3, 0.4) is 0 Å². The van der Waals surface area contributed by atoms with Gasteiger partial charge < -0.3 is 10.0 Å². The SMILES string of the molecule is O=C(O)CC(c1ccccc1)N1CCc2ccccc21. The van der Waals surface area contributed by atoms with Gasteiger partial charge in [-0.25, -0.2) is 0 Å². The van der Waals surface area contributed by atoms with E-state index in [1.54, 1.807) is 0 Å². The first-order valence-corrected chi connectivity index (χ1v) is 6.87. The van der Waals surface area contributed by atoms with Crippen LogP contribution in [0.5, 0.6) is 0 Å². The number of aliphatic carboxylic acids is 1. The fourth-order valence-corrected chi connectivity index (χ4v) is 2.94. The van der Waals surface area contributed by atoms with Crippen LogP contribution in [-0.2, 0) is 11.2 Å². The van der Waals surface area contributed by atoms with Crippen molar-refractivity contribution in [1.29, 1.82) is 0 Å². The number of carboxylic acid groups (broad SMARTS) is 1. The molecule has 3 heteroatoms. The lowest BCUT2D eigenvalue weighted by Gasteiger charge is -2.29. The molecule has 0 radical (unpaired) electrons. The number of anilines is 1. The molecule has 2 aromatic carbocycles. The molecule has 1 atom stereocenters. The van der Waals surface area contributed by atoms with E-state index in [4.69, 9.17) is 0 Å². The predicted octanol–water partition coefficient (Wildman–Crippen LogP) is 3.27. The average molecular weight is 267 g/mol. The highest BCUT2D eigenvalue weighted by Crippen LogP contribution is 2.36. The minimum Gasteiger partial charge on any atom is -0.481 e. The average Bonchev–Trinajstić information content (AvgIpc) is 2.89. The fraction of sp³-hybridized carbons (Fsp3) is 0.235. The molecular weight excluding hydrogens is 250 g/mol. The van der Waals surface area contributed by atoms with Gasteiger partial charge in [0, 0.05) is 12.2 Å². The first kappa shape index (κ1) is 12.7. The number of fused-ring (bicyclic) bond motifs is 1. The van der Waals surface area contributed by atoms with E-state index >= 15 is 0 Å². The second kappa shape index (κ2) is 5.37. The number of carbonyl (C=O) groups is 1. The summed E-state index contributed by atoms with van der Waals surface area (Å²) in [7, 11) is 0. The Morgan fingerprint density at radius 2 is 1.80 bits per heavy atom. The second-order valence-electron chi connectivity index (χ2n) is 5.10. The molecule has 0 aliphatic carbocycles. The summed E-state index contributed by atoms with van der Waals surface area (Å²) in [5, 5.41) is 9.23. The molecule has 1 aliphatic heterocycles. The van der Waals surface area contributed by atoms with E-state index in [0.29, 0.717) is 0 Å². The molecule has 0 fully saturated rings. The zero-order chi connectivity index (χ0) is 13.9. The largest absolute Gasteiger partial charge is 0.481 e. The Morgan fingerprint density at radius 3 is 2.55 bits per heavy atom. The Bertz CT molecular complexity index is 609. The standard InChI is InChI=1S/C17H17NO2/c19-17(20)12-16(13-6-2-1-3-7-13)18-11-10-14-8-4-5-9-15(14)18/h1-9,16H,10-12H2,(H,19,20). The second-order valence-corrected chi connectivity index (χ2v) is 5.10. The van der Waals surface area contributed by atoms with Crippen molar-refractivity contribution in [2.75, 3.05) is 11.4 Å². The Labute approximate surface area is 118 Å². The molecule has 0 aromatic heterocycles. The van der Waals surface area contributed by atoms with Crippen molar-refractivity contribution in [2.24, 2.45) is 0 Å². The lowest BCUT2D eigenvalue weighted by atomic mass is 10.0. The minimum atomic E-state index is -0.761. The Kier molecular flexibility index (Phi) is 3.42. The van der Waals surface area contributed by atoms with Gasteiger partial charge in [0.2, 0.25) is 0 Å². The Morgan fingerprint density at radius 1 is 1.10 bits per heavy atom. The normalized spacial score (nSPS) is 14.9. The monoisotopic (exact) mass is 267 g/mol. The van der Waals surface area contributed by atoms with Crippen molar-refractivity contribution in [3.8, 4) is 0 Å². The lowest BCUT2D eigenvalue weighted by molar-refractivity contribution is -0.137. The molecule has 3 rings (SSSR count). The van der Waals surface area contributed by atoms with Crippen LogP contribution in [0.1, 0.15) is 23.6 Å². The van der Waals surface area contributed by atoms with E-state index in [-0.39, 0.29) is 12.5 Å². The number of benzene rings is 2. The van der Waals surface area contributed by atoms with Crippen molar-refractivity contribution in [3.63, 3.8) is 0 Å². The van der Waals surface area contributed by atoms with Gasteiger partial charge in [-0.3, -0.25) is 4.79 Å². The van der Waals surface area contributed by atoms with Crippen molar-refractivity contribution in [2.45, 2.75) is 18.9 Å². The number of nitrogens with zero attached hydrogens (tertiary/aromatic N) is 1. The van der Waals surface area contributed by atoms with Gasteiger partial charge in [0.05, 0.1) is 12.5 Å². The van der Waals surface area contributed by atoms with Crippen LogP contribution in [0, 0.1) is 0 Å². The molecule has 0 spiro atoms. The number of carboxylic acids is 1. The lowest BCUT2D eigenvalue weighted by Crippen LogP contribution is -2.28. The third-order valence-electron chi connectivity index (χ3n) is 3.85. The number of hydrogen-bond acceptors (Lipinski definition) is 2. The van der Waals surface area contributed by atoms with Crippen LogP contribution in [-0.4, -0.2) is 17.6 Å². The van der Waals surface area contributed by atoms with Crippen LogP contribution in [0.4, 0.5) is 5.69 Å². The van der Waals surface area contributed by atoms with Gasteiger partial charge in [0.1, 0.15) is 0 Å². The van der Waals surface area contributed by atoms with Crippen molar-refractivity contribution >= 4 is 11.7 Å². The zero-order valence-electron chi connectivity index (χ0n) is 11.2. The fourth-order valence-electron chi connectivity index (χ4n) is 2.94. The van der Waals surface area contributed by atoms with E-state index in [1.165, 1.54) is 11.3 Å². The molecule has 1 heterocycles. The van der Waals surface area contributed by atoms with Gasteiger partial charge in [0.15, 0.2) is 0 Å². The highest BCUT2D eigenvalue weighted by atomic mass is 16.4. The summed E-state index contributed by atoms with van der Waals surface area (Å²) in [6.07, 6.45) is 1.11. The first-order valence-electron chi connectivity index (χ1n) is 6.87. The molecule has 0 bridgehead atoms. The quantitative estimate of drug-likeness (QED) is 0.924. The molecule has 2 aromatic rings. The maximum absolute atomic E-state index is 11.2. The van der Waals surface area contributed by atoms with E-state index in [2.05, 4.69) is 17.0 Å². The predicted molar refractivity (Wildman–Crippen MR) is 78.9 cm³/mol. The van der Waals surface area contributed by atoms with Gasteiger partial charge in [-0.15, -0.1) is 0 Å².